The van der Waals surface area contributed by atoms with Gasteiger partial charge >= 0.3 is 12.0 Å². The molecule has 0 spiro atoms. The zero-order valence-electron chi connectivity index (χ0n) is 13.1. The van der Waals surface area contributed by atoms with Crippen LogP contribution in [0.2, 0.25) is 0 Å². The Labute approximate surface area is 126 Å². The first kappa shape index (κ1) is 17.8. The SMILES string of the molecule is CCC(CCNC(=O)NC1CCOC(C)C1)CCC(=O)O. The summed E-state index contributed by atoms with van der Waals surface area (Å²) in [6.07, 6.45) is 4.54. The second kappa shape index (κ2) is 9.60. The molecule has 0 aromatic rings. The van der Waals surface area contributed by atoms with Gasteiger partial charge in [0.15, 0.2) is 0 Å². The van der Waals surface area contributed by atoms with E-state index < -0.39 is 5.97 Å². The highest BCUT2D eigenvalue weighted by atomic mass is 16.5. The average molecular weight is 300 g/mol. The summed E-state index contributed by atoms with van der Waals surface area (Å²) in [5.74, 6) is -0.405. The van der Waals surface area contributed by atoms with Gasteiger partial charge in [0.2, 0.25) is 0 Å². The molecule has 3 N–H and O–H groups in total. The largest absolute Gasteiger partial charge is 0.481 e. The van der Waals surface area contributed by atoms with Crippen molar-refractivity contribution in [1.29, 1.82) is 0 Å². The first-order chi connectivity index (χ1) is 10.0. The molecule has 0 radical (unpaired) electrons. The minimum Gasteiger partial charge on any atom is -0.481 e. The Morgan fingerprint density at radius 3 is 2.76 bits per heavy atom. The first-order valence-corrected chi connectivity index (χ1v) is 7.89. The van der Waals surface area contributed by atoms with Crippen LogP contribution in [0.3, 0.4) is 0 Å². The zero-order valence-corrected chi connectivity index (χ0v) is 13.1. The van der Waals surface area contributed by atoms with E-state index in [4.69, 9.17) is 9.84 Å². The number of carbonyl (C=O) groups is 2. The summed E-state index contributed by atoms with van der Waals surface area (Å²) in [5, 5.41) is 14.5. The van der Waals surface area contributed by atoms with Crippen molar-refractivity contribution in [3.8, 4) is 0 Å². The number of amides is 2. The molecule has 1 fully saturated rings. The van der Waals surface area contributed by atoms with Crippen LogP contribution in [0.25, 0.3) is 0 Å². The molecule has 1 aliphatic rings. The van der Waals surface area contributed by atoms with Crippen LogP contribution in [0.1, 0.15) is 52.4 Å². The van der Waals surface area contributed by atoms with E-state index in [1.54, 1.807) is 0 Å². The van der Waals surface area contributed by atoms with Gasteiger partial charge in [-0.3, -0.25) is 4.79 Å². The second-order valence-electron chi connectivity index (χ2n) is 5.80. The van der Waals surface area contributed by atoms with Crippen LogP contribution in [0.5, 0.6) is 0 Å². The number of aliphatic carboxylic acids is 1. The molecule has 0 aromatic carbocycles. The molecule has 1 heterocycles. The fourth-order valence-electron chi connectivity index (χ4n) is 2.64. The van der Waals surface area contributed by atoms with Gasteiger partial charge in [0.1, 0.15) is 0 Å². The quantitative estimate of drug-likeness (QED) is 0.641. The molecule has 1 aliphatic heterocycles. The van der Waals surface area contributed by atoms with Crippen molar-refractivity contribution in [1.82, 2.24) is 10.6 Å². The zero-order chi connectivity index (χ0) is 15.7. The number of nitrogens with one attached hydrogen (secondary N) is 2. The number of carboxylic acids is 1. The fourth-order valence-corrected chi connectivity index (χ4v) is 2.64. The second-order valence-corrected chi connectivity index (χ2v) is 5.80. The van der Waals surface area contributed by atoms with Gasteiger partial charge in [0.05, 0.1) is 6.10 Å². The maximum atomic E-state index is 11.8. The van der Waals surface area contributed by atoms with Crippen LogP contribution < -0.4 is 10.6 Å². The fraction of sp³-hybridized carbons (Fsp3) is 0.867. The number of rotatable bonds is 8. The topological polar surface area (TPSA) is 87.7 Å². The minimum absolute atomic E-state index is 0.137. The average Bonchev–Trinajstić information content (AvgIpc) is 2.42. The molecule has 2 amide bonds. The molecule has 0 bridgehead atoms. The van der Waals surface area contributed by atoms with Gasteiger partial charge in [-0.15, -0.1) is 0 Å². The van der Waals surface area contributed by atoms with Gasteiger partial charge in [-0.25, -0.2) is 4.79 Å². The monoisotopic (exact) mass is 300 g/mol. The molecule has 3 unspecified atom stereocenters. The number of hydrogen-bond donors (Lipinski definition) is 3. The number of carboxylic acid groups (broad SMARTS) is 1. The molecular formula is C15H28N2O4. The number of urea groups is 1. The number of carbonyl (C=O) groups excluding carboxylic acids is 1. The Morgan fingerprint density at radius 2 is 2.14 bits per heavy atom. The molecule has 0 saturated carbocycles. The normalized spacial score (nSPS) is 23.3. The van der Waals surface area contributed by atoms with Gasteiger partial charge in [-0.05, 0) is 38.5 Å². The lowest BCUT2D eigenvalue weighted by Gasteiger charge is -2.28. The molecule has 0 aromatic heterocycles. The standard InChI is InChI=1S/C15H28N2O4/c1-3-12(4-5-14(18)19)6-8-16-15(20)17-13-7-9-21-11(2)10-13/h11-13H,3-10H2,1-2H3,(H,18,19)(H2,16,17,20). The molecule has 1 rings (SSSR count). The van der Waals surface area contributed by atoms with E-state index in [0.29, 0.717) is 25.5 Å². The van der Waals surface area contributed by atoms with E-state index in [2.05, 4.69) is 17.6 Å². The molecule has 6 nitrogen and oxygen atoms in total. The molecule has 0 aliphatic carbocycles. The summed E-state index contributed by atoms with van der Waals surface area (Å²) in [6.45, 7) is 5.35. The van der Waals surface area contributed by atoms with E-state index in [0.717, 1.165) is 25.7 Å². The van der Waals surface area contributed by atoms with Crippen LogP contribution in [-0.4, -0.2) is 42.4 Å². The van der Waals surface area contributed by atoms with Gasteiger partial charge in [0.25, 0.3) is 0 Å². The highest BCUT2D eigenvalue weighted by Crippen LogP contribution is 2.15. The summed E-state index contributed by atoms with van der Waals surface area (Å²) in [6, 6.07) is 0.0462. The molecular weight excluding hydrogens is 272 g/mol. The predicted molar refractivity (Wildman–Crippen MR) is 80.2 cm³/mol. The Kier molecular flexibility index (Phi) is 8.12. The third kappa shape index (κ3) is 7.90. The van der Waals surface area contributed by atoms with Crippen molar-refractivity contribution in [2.45, 2.75) is 64.5 Å². The summed E-state index contributed by atoms with van der Waals surface area (Å²) >= 11 is 0. The number of ether oxygens (including phenoxy) is 1. The minimum atomic E-state index is -0.757. The molecule has 1 saturated heterocycles. The summed E-state index contributed by atoms with van der Waals surface area (Å²) < 4.78 is 5.44. The highest BCUT2D eigenvalue weighted by Gasteiger charge is 2.20. The Balaban J connectivity index is 2.15. The van der Waals surface area contributed by atoms with Crippen molar-refractivity contribution in [3.63, 3.8) is 0 Å². The molecule has 122 valence electrons. The Bertz CT molecular complexity index is 336. The van der Waals surface area contributed by atoms with Crippen molar-refractivity contribution >= 4 is 12.0 Å². The number of hydrogen-bond acceptors (Lipinski definition) is 3. The van der Waals surface area contributed by atoms with Gasteiger partial charge in [-0.2, -0.15) is 0 Å². The molecule has 21 heavy (non-hydrogen) atoms. The van der Waals surface area contributed by atoms with Crippen LogP contribution in [0.15, 0.2) is 0 Å². The van der Waals surface area contributed by atoms with Crippen molar-refractivity contribution in [2.75, 3.05) is 13.2 Å². The van der Waals surface area contributed by atoms with E-state index in [1.807, 2.05) is 6.92 Å². The lowest BCUT2D eigenvalue weighted by Crippen LogP contribution is -2.46. The first-order valence-electron chi connectivity index (χ1n) is 7.89. The van der Waals surface area contributed by atoms with Gasteiger partial charge < -0.3 is 20.5 Å². The third-order valence-electron chi connectivity index (χ3n) is 4.00. The van der Waals surface area contributed by atoms with E-state index in [1.165, 1.54) is 0 Å². The van der Waals surface area contributed by atoms with Gasteiger partial charge in [0, 0.05) is 25.6 Å². The van der Waals surface area contributed by atoms with Crippen LogP contribution in [-0.2, 0) is 9.53 Å². The highest BCUT2D eigenvalue weighted by molar-refractivity contribution is 5.74. The maximum Gasteiger partial charge on any atom is 0.315 e. The van der Waals surface area contributed by atoms with Crippen molar-refractivity contribution < 1.29 is 19.4 Å². The van der Waals surface area contributed by atoms with Crippen molar-refractivity contribution in [2.24, 2.45) is 5.92 Å². The predicted octanol–water partition coefficient (Wildman–Crippen LogP) is 2.13. The third-order valence-corrected chi connectivity index (χ3v) is 4.00. The van der Waals surface area contributed by atoms with E-state index in [9.17, 15) is 9.59 Å². The van der Waals surface area contributed by atoms with Crippen LogP contribution in [0, 0.1) is 5.92 Å². The summed E-state index contributed by atoms with van der Waals surface area (Å²) in [4.78, 5) is 22.4. The van der Waals surface area contributed by atoms with E-state index >= 15 is 0 Å². The Morgan fingerprint density at radius 1 is 1.38 bits per heavy atom. The van der Waals surface area contributed by atoms with Gasteiger partial charge in [-0.1, -0.05) is 13.3 Å². The van der Waals surface area contributed by atoms with Crippen LogP contribution >= 0.6 is 0 Å². The van der Waals surface area contributed by atoms with Crippen molar-refractivity contribution in [3.05, 3.63) is 0 Å². The molecule has 6 heteroatoms. The maximum absolute atomic E-state index is 11.8. The lowest BCUT2D eigenvalue weighted by molar-refractivity contribution is -0.137. The van der Waals surface area contributed by atoms with E-state index in [-0.39, 0.29) is 24.6 Å². The van der Waals surface area contributed by atoms with Crippen LogP contribution in [0.4, 0.5) is 4.79 Å². The smallest absolute Gasteiger partial charge is 0.315 e. The summed E-state index contributed by atoms with van der Waals surface area (Å²) in [7, 11) is 0. The lowest BCUT2D eigenvalue weighted by atomic mass is 9.97. The Hall–Kier alpha value is -1.30. The summed E-state index contributed by atoms with van der Waals surface area (Å²) in [5.41, 5.74) is 0. The molecule has 3 atom stereocenters.